The first-order valence-electron chi connectivity index (χ1n) is 3.39. The lowest BCUT2D eigenvalue weighted by Gasteiger charge is -2.03. The number of halogens is 2. The molecule has 6 nitrogen and oxygen atoms in total. The number of carbonyl (C=O) groups is 2. The molecule has 16 heavy (non-hydrogen) atoms. The van der Waals surface area contributed by atoms with Gasteiger partial charge >= 0.3 is 11.9 Å². The summed E-state index contributed by atoms with van der Waals surface area (Å²) in [5.41, 5.74) is 0.0313. The SMILES string of the molecule is O.O.O=C(O)c1cc(Br)c(C(=O)O)cc1Br. The molecule has 0 radical (unpaired) electrons. The molecule has 1 rings (SSSR count). The van der Waals surface area contributed by atoms with E-state index in [1.165, 1.54) is 12.1 Å². The van der Waals surface area contributed by atoms with Gasteiger partial charge in [-0.25, -0.2) is 9.59 Å². The predicted octanol–water partition coefficient (Wildman–Crippen LogP) is 0.959. The van der Waals surface area contributed by atoms with Crippen molar-refractivity contribution in [2.45, 2.75) is 0 Å². The second-order valence-electron chi connectivity index (χ2n) is 2.42. The highest BCUT2D eigenvalue weighted by atomic mass is 79.9. The molecule has 0 saturated carbocycles. The summed E-state index contributed by atoms with van der Waals surface area (Å²) in [7, 11) is 0. The fraction of sp³-hybridized carbons (Fsp3) is 0. The van der Waals surface area contributed by atoms with Gasteiger partial charge in [-0.3, -0.25) is 0 Å². The van der Waals surface area contributed by atoms with Crippen molar-refractivity contribution >= 4 is 43.8 Å². The first kappa shape index (κ1) is 17.4. The Morgan fingerprint density at radius 2 is 1.12 bits per heavy atom. The summed E-state index contributed by atoms with van der Waals surface area (Å²) in [6, 6.07) is 2.49. The van der Waals surface area contributed by atoms with Gasteiger partial charge in [-0.2, -0.15) is 0 Å². The number of carboxylic acids is 2. The van der Waals surface area contributed by atoms with E-state index >= 15 is 0 Å². The monoisotopic (exact) mass is 358 g/mol. The molecular weight excluding hydrogens is 352 g/mol. The van der Waals surface area contributed by atoms with E-state index in [9.17, 15) is 9.59 Å². The van der Waals surface area contributed by atoms with Crippen LogP contribution < -0.4 is 0 Å². The molecule has 1 aromatic rings. The molecule has 0 unspecified atom stereocenters. The highest BCUT2D eigenvalue weighted by Crippen LogP contribution is 2.26. The molecule has 0 bridgehead atoms. The van der Waals surface area contributed by atoms with E-state index in [1.54, 1.807) is 0 Å². The molecule has 90 valence electrons. The van der Waals surface area contributed by atoms with Crippen LogP contribution in [0.2, 0.25) is 0 Å². The normalized spacial score (nSPS) is 8.62. The number of aromatic carboxylic acids is 2. The van der Waals surface area contributed by atoms with Crippen LogP contribution in [-0.2, 0) is 0 Å². The van der Waals surface area contributed by atoms with Crippen molar-refractivity contribution in [1.82, 2.24) is 0 Å². The third-order valence-electron chi connectivity index (χ3n) is 1.52. The zero-order valence-corrected chi connectivity index (χ0v) is 10.8. The van der Waals surface area contributed by atoms with Crippen molar-refractivity contribution < 1.29 is 30.8 Å². The molecule has 1 aromatic carbocycles. The van der Waals surface area contributed by atoms with Gasteiger partial charge in [0, 0.05) is 8.95 Å². The smallest absolute Gasteiger partial charge is 0.336 e. The third kappa shape index (κ3) is 3.56. The van der Waals surface area contributed by atoms with E-state index < -0.39 is 11.9 Å². The number of hydrogen-bond donors (Lipinski definition) is 2. The maximum absolute atomic E-state index is 10.7. The Morgan fingerprint density at radius 1 is 0.875 bits per heavy atom. The van der Waals surface area contributed by atoms with Crippen molar-refractivity contribution in [2.24, 2.45) is 0 Å². The molecule has 0 fully saturated rings. The number of carboxylic acid groups (broad SMARTS) is 2. The van der Waals surface area contributed by atoms with Crippen LogP contribution in [0.3, 0.4) is 0 Å². The summed E-state index contributed by atoms with van der Waals surface area (Å²) in [5.74, 6) is -2.23. The van der Waals surface area contributed by atoms with Crippen LogP contribution in [0.25, 0.3) is 0 Å². The van der Waals surface area contributed by atoms with Gasteiger partial charge < -0.3 is 21.2 Å². The van der Waals surface area contributed by atoms with Crippen LogP contribution in [-0.4, -0.2) is 33.1 Å². The minimum Gasteiger partial charge on any atom is -0.478 e. The molecule has 0 saturated heterocycles. The van der Waals surface area contributed by atoms with E-state index in [4.69, 9.17) is 10.2 Å². The Hall–Kier alpha value is -0.960. The molecule has 0 aromatic heterocycles. The molecular formula is C8H8Br2O6. The van der Waals surface area contributed by atoms with Gasteiger partial charge in [0.1, 0.15) is 0 Å². The van der Waals surface area contributed by atoms with E-state index in [-0.39, 0.29) is 31.0 Å². The topological polar surface area (TPSA) is 138 Å². The van der Waals surface area contributed by atoms with Gasteiger partial charge in [0.05, 0.1) is 11.1 Å². The van der Waals surface area contributed by atoms with Crippen molar-refractivity contribution in [3.8, 4) is 0 Å². The zero-order valence-electron chi connectivity index (χ0n) is 7.62. The van der Waals surface area contributed by atoms with Gasteiger partial charge in [-0.05, 0) is 44.0 Å². The molecule has 0 spiro atoms. The lowest BCUT2D eigenvalue weighted by Crippen LogP contribution is -2.03. The average molecular weight is 360 g/mol. The Morgan fingerprint density at radius 3 is 1.31 bits per heavy atom. The molecule has 0 aliphatic rings. The summed E-state index contributed by atoms with van der Waals surface area (Å²) in [4.78, 5) is 21.3. The molecule has 0 amide bonds. The molecule has 0 atom stereocenters. The Kier molecular flexibility index (Phi) is 7.18. The van der Waals surface area contributed by atoms with Crippen LogP contribution in [0.4, 0.5) is 0 Å². The Bertz CT molecular complexity index is 377. The Labute approximate surface area is 107 Å². The average Bonchev–Trinajstić information content (AvgIpc) is 2.07. The third-order valence-corrected chi connectivity index (χ3v) is 2.83. The minimum atomic E-state index is -1.12. The summed E-state index contributed by atoms with van der Waals surface area (Å²) in [5, 5.41) is 17.4. The maximum atomic E-state index is 10.7. The van der Waals surface area contributed by atoms with Gasteiger partial charge in [0.15, 0.2) is 0 Å². The van der Waals surface area contributed by atoms with Gasteiger partial charge in [-0.15, -0.1) is 0 Å². The molecule has 0 aliphatic carbocycles. The van der Waals surface area contributed by atoms with E-state index in [2.05, 4.69) is 31.9 Å². The second-order valence-corrected chi connectivity index (χ2v) is 4.13. The first-order chi connectivity index (χ1) is 6.43. The fourth-order valence-corrected chi connectivity index (χ4v) is 1.90. The fourth-order valence-electron chi connectivity index (χ4n) is 0.875. The van der Waals surface area contributed by atoms with Crippen LogP contribution >= 0.6 is 31.9 Å². The number of hydrogen-bond acceptors (Lipinski definition) is 2. The first-order valence-corrected chi connectivity index (χ1v) is 4.97. The van der Waals surface area contributed by atoms with E-state index in [1.807, 2.05) is 0 Å². The standard InChI is InChI=1S/C8H4Br2O4.2H2O/c9-5-1-3(7(11)12)6(10)2-4(5)8(13)14;;/h1-2H,(H,11,12)(H,13,14);2*1H2. The highest BCUT2D eigenvalue weighted by molar-refractivity contribution is 9.11. The van der Waals surface area contributed by atoms with Gasteiger partial charge in [0.25, 0.3) is 0 Å². The summed E-state index contributed by atoms with van der Waals surface area (Å²) < 4.78 is 0.483. The number of rotatable bonds is 2. The predicted molar refractivity (Wildman–Crippen MR) is 63.0 cm³/mol. The van der Waals surface area contributed by atoms with Crippen LogP contribution in [0.1, 0.15) is 20.7 Å². The molecule has 8 heteroatoms. The van der Waals surface area contributed by atoms with Crippen LogP contribution in [0.15, 0.2) is 21.1 Å². The maximum Gasteiger partial charge on any atom is 0.336 e. The van der Waals surface area contributed by atoms with Gasteiger partial charge in [-0.1, -0.05) is 0 Å². The van der Waals surface area contributed by atoms with Crippen molar-refractivity contribution in [3.05, 3.63) is 32.2 Å². The van der Waals surface area contributed by atoms with Crippen molar-refractivity contribution in [3.63, 3.8) is 0 Å². The largest absolute Gasteiger partial charge is 0.478 e. The zero-order chi connectivity index (χ0) is 10.9. The van der Waals surface area contributed by atoms with Crippen molar-refractivity contribution in [2.75, 3.05) is 0 Å². The quantitative estimate of drug-likeness (QED) is 0.811. The van der Waals surface area contributed by atoms with Crippen molar-refractivity contribution in [1.29, 1.82) is 0 Å². The summed E-state index contributed by atoms with van der Waals surface area (Å²) in [6.45, 7) is 0. The molecule has 6 N–H and O–H groups in total. The highest BCUT2D eigenvalue weighted by Gasteiger charge is 2.15. The minimum absolute atomic E-state index is 0. The lowest BCUT2D eigenvalue weighted by atomic mass is 10.1. The lowest BCUT2D eigenvalue weighted by molar-refractivity contribution is 0.0679. The summed E-state index contributed by atoms with van der Waals surface area (Å²) in [6.07, 6.45) is 0. The molecule has 0 aliphatic heterocycles. The summed E-state index contributed by atoms with van der Waals surface area (Å²) >= 11 is 5.97. The second kappa shape index (κ2) is 6.59. The van der Waals surface area contributed by atoms with Gasteiger partial charge in [0.2, 0.25) is 0 Å². The van der Waals surface area contributed by atoms with E-state index in [0.717, 1.165) is 0 Å². The van der Waals surface area contributed by atoms with E-state index in [0.29, 0.717) is 0 Å². The Balaban J connectivity index is 0. The van der Waals surface area contributed by atoms with Crippen LogP contribution in [0.5, 0.6) is 0 Å². The number of benzene rings is 1. The molecule has 0 heterocycles. The van der Waals surface area contributed by atoms with Crippen LogP contribution in [0, 0.1) is 0 Å².